The Bertz CT molecular complexity index is 190. The van der Waals surface area contributed by atoms with Crippen molar-refractivity contribution in [3.05, 3.63) is 0 Å². The van der Waals surface area contributed by atoms with Gasteiger partial charge >= 0.3 is 0 Å². The van der Waals surface area contributed by atoms with Gasteiger partial charge in [0, 0.05) is 24.7 Å². The van der Waals surface area contributed by atoms with Crippen molar-refractivity contribution in [2.75, 3.05) is 13.1 Å². The maximum atomic E-state index is 3.76. The van der Waals surface area contributed by atoms with Crippen molar-refractivity contribution in [1.29, 1.82) is 0 Å². The van der Waals surface area contributed by atoms with Crippen molar-refractivity contribution in [3.8, 4) is 0 Å². The van der Waals surface area contributed by atoms with E-state index in [1.54, 1.807) is 0 Å². The Labute approximate surface area is 87.8 Å². The molecule has 1 aliphatic heterocycles. The molecular weight excluding hydrogens is 172 g/mol. The van der Waals surface area contributed by atoms with Crippen LogP contribution in [0.2, 0.25) is 0 Å². The first-order valence-electron chi connectivity index (χ1n) is 6.14. The van der Waals surface area contributed by atoms with Gasteiger partial charge in [0.25, 0.3) is 0 Å². The van der Waals surface area contributed by atoms with Crippen LogP contribution in [0.4, 0.5) is 0 Å². The van der Waals surface area contributed by atoms with Crippen LogP contribution < -0.4 is 10.6 Å². The molecule has 0 aromatic carbocycles. The topological polar surface area (TPSA) is 24.1 Å². The Morgan fingerprint density at radius 2 is 2.14 bits per heavy atom. The summed E-state index contributed by atoms with van der Waals surface area (Å²) in [6.07, 6.45) is 4.14. The number of hydrogen-bond acceptors (Lipinski definition) is 2. The van der Waals surface area contributed by atoms with Crippen LogP contribution >= 0.6 is 0 Å². The van der Waals surface area contributed by atoms with Crippen LogP contribution in [-0.2, 0) is 0 Å². The highest BCUT2D eigenvalue weighted by molar-refractivity contribution is 5.03. The highest BCUT2D eigenvalue weighted by atomic mass is 15.1. The van der Waals surface area contributed by atoms with Gasteiger partial charge in [0.15, 0.2) is 0 Å². The molecule has 2 nitrogen and oxygen atoms in total. The van der Waals surface area contributed by atoms with Crippen molar-refractivity contribution in [2.45, 2.75) is 51.6 Å². The summed E-state index contributed by atoms with van der Waals surface area (Å²) in [5, 5.41) is 7.48. The van der Waals surface area contributed by atoms with Gasteiger partial charge in [0.05, 0.1) is 0 Å². The zero-order valence-electron chi connectivity index (χ0n) is 9.77. The second-order valence-electron chi connectivity index (χ2n) is 5.45. The lowest BCUT2D eigenvalue weighted by atomic mass is 9.89. The first kappa shape index (κ1) is 10.4. The van der Waals surface area contributed by atoms with Crippen molar-refractivity contribution in [2.24, 2.45) is 11.8 Å². The highest BCUT2D eigenvalue weighted by Crippen LogP contribution is 2.40. The molecule has 2 fully saturated rings. The summed E-state index contributed by atoms with van der Waals surface area (Å²) < 4.78 is 0. The van der Waals surface area contributed by atoms with Crippen molar-refractivity contribution >= 4 is 0 Å². The number of nitrogens with one attached hydrogen (secondary N) is 2. The van der Waals surface area contributed by atoms with Crippen molar-refractivity contribution in [3.63, 3.8) is 0 Å². The van der Waals surface area contributed by atoms with E-state index in [2.05, 4.69) is 31.4 Å². The molecule has 0 amide bonds. The fraction of sp³-hybridized carbons (Fsp3) is 1.00. The zero-order valence-corrected chi connectivity index (χ0v) is 9.77. The quantitative estimate of drug-likeness (QED) is 0.719. The molecule has 0 aromatic rings. The van der Waals surface area contributed by atoms with Gasteiger partial charge in [-0.15, -0.1) is 0 Å². The summed E-state index contributed by atoms with van der Waals surface area (Å²) in [4.78, 5) is 0. The highest BCUT2D eigenvalue weighted by Gasteiger charge is 2.43. The molecular formula is C12H24N2. The Morgan fingerprint density at radius 1 is 1.43 bits per heavy atom. The first-order valence-corrected chi connectivity index (χ1v) is 6.14. The van der Waals surface area contributed by atoms with Gasteiger partial charge in [-0.2, -0.15) is 0 Å². The molecule has 0 spiro atoms. The molecule has 2 N–H and O–H groups in total. The number of piperazine rings is 1. The lowest BCUT2D eigenvalue weighted by Gasteiger charge is -2.41. The standard InChI is InChI=1S/C12H24N2/c1-4-9(2)11-7-14-12(3,8-13-11)10-5-6-10/h9-11,13-14H,4-8H2,1-3H3. The fourth-order valence-corrected chi connectivity index (χ4v) is 2.52. The van der Waals surface area contributed by atoms with Gasteiger partial charge in [-0.3, -0.25) is 0 Å². The molecule has 0 bridgehead atoms. The molecule has 0 radical (unpaired) electrons. The summed E-state index contributed by atoms with van der Waals surface area (Å²) in [6, 6.07) is 0.687. The molecule has 3 unspecified atom stereocenters. The first-order chi connectivity index (χ1) is 6.65. The normalized spacial score (nSPS) is 40.9. The largest absolute Gasteiger partial charge is 0.311 e. The Hall–Kier alpha value is -0.0800. The molecule has 3 atom stereocenters. The summed E-state index contributed by atoms with van der Waals surface area (Å²) >= 11 is 0. The third-order valence-electron chi connectivity index (χ3n) is 4.27. The second-order valence-corrected chi connectivity index (χ2v) is 5.45. The molecule has 1 heterocycles. The van der Waals surface area contributed by atoms with Gasteiger partial charge in [0.1, 0.15) is 0 Å². The van der Waals surface area contributed by atoms with E-state index >= 15 is 0 Å². The predicted octanol–water partition coefficient (Wildman–Crippen LogP) is 1.76. The molecule has 14 heavy (non-hydrogen) atoms. The second kappa shape index (κ2) is 3.82. The lowest BCUT2D eigenvalue weighted by molar-refractivity contribution is 0.194. The SMILES string of the molecule is CCC(C)C1CNC(C)(C2CC2)CN1. The van der Waals surface area contributed by atoms with Crippen molar-refractivity contribution < 1.29 is 0 Å². The molecule has 1 saturated heterocycles. The minimum Gasteiger partial charge on any atom is -0.311 e. The van der Waals surface area contributed by atoms with Crippen LogP contribution in [-0.4, -0.2) is 24.7 Å². The van der Waals surface area contributed by atoms with E-state index in [9.17, 15) is 0 Å². The zero-order chi connectivity index (χ0) is 10.2. The molecule has 2 heteroatoms. The maximum Gasteiger partial charge on any atom is 0.0306 e. The summed E-state index contributed by atoms with van der Waals surface area (Å²) in [6.45, 7) is 9.32. The minimum atomic E-state index is 0.393. The molecule has 2 rings (SSSR count). The van der Waals surface area contributed by atoms with Crippen LogP contribution in [0.3, 0.4) is 0 Å². The van der Waals surface area contributed by atoms with E-state index < -0.39 is 0 Å². The van der Waals surface area contributed by atoms with Gasteiger partial charge < -0.3 is 10.6 Å². The van der Waals surface area contributed by atoms with Gasteiger partial charge in [-0.1, -0.05) is 20.3 Å². The monoisotopic (exact) mass is 196 g/mol. The number of rotatable bonds is 3. The van der Waals surface area contributed by atoms with Crippen LogP contribution in [0.5, 0.6) is 0 Å². The molecule has 0 aromatic heterocycles. The maximum absolute atomic E-state index is 3.76. The lowest BCUT2D eigenvalue weighted by Crippen LogP contribution is -2.63. The molecule has 1 saturated carbocycles. The molecule has 2 aliphatic rings. The predicted molar refractivity (Wildman–Crippen MR) is 60.4 cm³/mol. The van der Waals surface area contributed by atoms with E-state index in [0.29, 0.717) is 11.6 Å². The van der Waals surface area contributed by atoms with Crippen molar-refractivity contribution in [1.82, 2.24) is 10.6 Å². The fourth-order valence-electron chi connectivity index (χ4n) is 2.52. The van der Waals surface area contributed by atoms with E-state index in [4.69, 9.17) is 0 Å². The average molecular weight is 196 g/mol. The van der Waals surface area contributed by atoms with E-state index in [1.807, 2.05) is 0 Å². The Kier molecular flexibility index (Phi) is 2.85. The van der Waals surface area contributed by atoms with E-state index in [-0.39, 0.29) is 0 Å². The smallest absolute Gasteiger partial charge is 0.0306 e. The van der Waals surface area contributed by atoms with E-state index in [1.165, 1.54) is 19.3 Å². The van der Waals surface area contributed by atoms with Crippen LogP contribution in [0.1, 0.15) is 40.0 Å². The molecule has 82 valence electrons. The van der Waals surface area contributed by atoms with Gasteiger partial charge in [-0.05, 0) is 31.6 Å². The van der Waals surface area contributed by atoms with Crippen LogP contribution in [0.25, 0.3) is 0 Å². The summed E-state index contributed by atoms with van der Waals surface area (Å²) in [5.74, 6) is 1.74. The number of hydrogen-bond donors (Lipinski definition) is 2. The average Bonchev–Trinajstić information content (AvgIpc) is 3.01. The minimum absolute atomic E-state index is 0.393. The van der Waals surface area contributed by atoms with Crippen LogP contribution in [0, 0.1) is 11.8 Å². The molecule has 1 aliphatic carbocycles. The van der Waals surface area contributed by atoms with Crippen LogP contribution in [0.15, 0.2) is 0 Å². The van der Waals surface area contributed by atoms with Gasteiger partial charge in [0.2, 0.25) is 0 Å². The summed E-state index contributed by atoms with van der Waals surface area (Å²) in [7, 11) is 0. The third-order valence-corrected chi connectivity index (χ3v) is 4.27. The summed E-state index contributed by atoms with van der Waals surface area (Å²) in [5.41, 5.74) is 0.393. The van der Waals surface area contributed by atoms with Gasteiger partial charge in [-0.25, -0.2) is 0 Å². The Balaban J connectivity index is 1.85. The van der Waals surface area contributed by atoms with E-state index in [0.717, 1.165) is 24.9 Å². The third kappa shape index (κ3) is 1.96. The Morgan fingerprint density at radius 3 is 2.57 bits per heavy atom.